The number of benzene rings is 1. The van der Waals surface area contributed by atoms with Crippen molar-refractivity contribution in [2.24, 2.45) is 0 Å². The van der Waals surface area contributed by atoms with Gasteiger partial charge in [0.1, 0.15) is 5.60 Å². The molecule has 4 N–H and O–H groups in total. The standard InChI is InChI=1S/C25H27N5O4.ClH/c1-15-5-6-16-3-2-4-19(22(16)27-15)29-24(32)25(33)11-9-17(10-12-25)26-13-18-7-8-20-23(28-18)30-21(31)14-34-20;/h2-8,17,26,33H,9-14H2,1H3,(H,29,32)(H,28,30,31);1H/t17-,25+;. The fourth-order valence-corrected chi connectivity index (χ4v) is 4.46. The molecule has 1 saturated carbocycles. The maximum Gasteiger partial charge on any atom is 0.263 e. The van der Waals surface area contributed by atoms with E-state index in [1.807, 2.05) is 43.3 Å². The van der Waals surface area contributed by atoms with Crippen LogP contribution in [0.15, 0.2) is 42.5 Å². The monoisotopic (exact) mass is 497 g/mol. The van der Waals surface area contributed by atoms with Gasteiger partial charge in [-0.3, -0.25) is 14.6 Å². The third kappa shape index (κ3) is 5.37. The van der Waals surface area contributed by atoms with Gasteiger partial charge in [-0.05, 0) is 56.9 Å². The van der Waals surface area contributed by atoms with Crippen LogP contribution in [0.5, 0.6) is 5.75 Å². The second kappa shape index (κ2) is 10.2. The molecule has 1 aliphatic heterocycles. The summed E-state index contributed by atoms with van der Waals surface area (Å²) in [5.74, 6) is 0.384. The Bertz CT molecular complexity index is 1260. The highest BCUT2D eigenvalue weighted by atomic mass is 35.5. The van der Waals surface area contributed by atoms with Gasteiger partial charge in [-0.25, -0.2) is 4.98 Å². The minimum absolute atomic E-state index is 0. The van der Waals surface area contributed by atoms with Crippen molar-refractivity contribution in [2.75, 3.05) is 17.2 Å². The van der Waals surface area contributed by atoms with Crippen molar-refractivity contribution in [3.63, 3.8) is 0 Å². The number of carbonyl (C=O) groups is 2. The van der Waals surface area contributed by atoms with Crippen molar-refractivity contribution in [1.82, 2.24) is 15.3 Å². The lowest BCUT2D eigenvalue weighted by Crippen LogP contribution is -2.48. The molecule has 5 rings (SSSR count). The van der Waals surface area contributed by atoms with Gasteiger partial charge in [0.05, 0.1) is 16.9 Å². The van der Waals surface area contributed by atoms with Crippen LogP contribution in [-0.4, -0.2) is 45.1 Å². The lowest BCUT2D eigenvalue weighted by molar-refractivity contribution is -0.137. The Labute approximate surface area is 209 Å². The van der Waals surface area contributed by atoms with E-state index in [2.05, 4.69) is 25.9 Å². The minimum Gasteiger partial charge on any atom is -0.480 e. The summed E-state index contributed by atoms with van der Waals surface area (Å²) >= 11 is 0. The van der Waals surface area contributed by atoms with E-state index in [-0.39, 0.29) is 31.0 Å². The maximum atomic E-state index is 13.0. The molecule has 35 heavy (non-hydrogen) atoms. The summed E-state index contributed by atoms with van der Waals surface area (Å²) in [5.41, 5.74) is 1.55. The summed E-state index contributed by atoms with van der Waals surface area (Å²) in [6.45, 7) is 2.42. The van der Waals surface area contributed by atoms with E-state index in [0.29, 0.717) is 55.0 Å². The predicted octanol–water partition coefficient (Wildman–Crippen LogP) is 3.09. The van der Waals surface area contributed by atoms with Gasteiger partial charge in [0.15, 0.2) is 18.2 Å². The first-order chi connectivity index (χ1) is 16.4. The van der Waals surface area contributed by atoms with Gasteiger partial charge < -0.3 is 25.8 Å². The van der Waals surface area contributed by atoms with Gasteiger partial charge in [0, 0.05) is 23.7 Å². The van der Waals surface area contributed by atoms with Crippen molar-refractivity contribution in [2.45, 2.75) is 50.8 Å². The van der Waals surface area contributed by atoms with E-state index in [4.69, 9.17) is 4.74 Å². The Morgan fingerprint density at radius 1 is 1.17 bits per heavy atom. The van der Waals surface area contributed by atoms with Crippen LogP contribution >= 0.6 is 12.4 Å². The molecule has 10 heteroatoms. The number of para-hydroxylation sites is 1. The van der Waals surface area contributed by atoms with Crippen molar-refractivity contribution in [3.8, 4) is 5.75 Å². The Kier molecular flexibility index (Phi) is 7.20. The van der Waals surface area contributed by atoms with Crippen LogP contribution in [0.3, 0.4) is 0 Å². The fraction of sp³-hybridized carbons (Fsp3) is 0.360. The van der Waals surface area contributed by atoms with Crippen molar-refractivity contribution >= 4 is 46.6 Å². The molecule has 2 amide bonds. The van der Waals surface area contributed by atoms with E-state index < -0.39 is 11.5 Å². The zero-order valence-electron chi connectivity index (χ0n) is 19.3. The third-order valence-corrected chi connectivity index (χ3v) is 6.45. The number of aryl methyl sites for hydroxylation is 1. The SMILES string of the molecule is Cc1ccc2cccc(NC(=O)[C@]3(O)CC[C@@H](NCc4ccc5c(n4)NC(=O)CO5)CC3)c2n1.Cl. The number of rotatable bonds is 5. The number of hydrogen-bond donors (Lipinski definition) is 4. The first-order valence-electron chi connectivity index (χ1n) is 11.5. The van der Waals surface area contributed by atoms with Crippen LogP contribution in [-0.2, 0) is 16.1 Å². The quantitative estimate of drug-likeness (QED) is 0.426. The zero-order valence-corrected chi connectivity index (χ0v) is 20.2. The summed E-state index contributed by atoms with van der Waals surface area (Å²) in [4.78, 5) is 33.5. The minimum atomic E-state index is -1.42. The average Bonchev–Trinajstić information content (AvgIpc) is 2.84. The van der Waals surface area contributed by atoms with Crippen LogP contribution in [0.4, 0.5) is 11.5 Å². The predicted molar refractivity (Wildman–Crippen MR) is 135 cm³/mol. The van der Waals surface area contributed by atoms with Gasteiger partial charge >= 0.3 is 0 Å². The van der Waals surface area contributed by atoms with E-state index in [1.54, 1.807) is 6.07 Å². The highest BCUT2D eigenvalue weighted by Crippen LogP contribution is 2.31. The average molecular weight is 498 g/mol. The largest absolute Gasteiger partial charge is 0.480 e. The summed E-state index contributed by atoms with van der Waals surface area (Å²) < 4.78 is 5.34. The molecule has 0 bridgehead atoms. The topological polar surface area (TPSA) is 125 Å². The third-order valence-electron chi connectivity index (χ3n) is 6.45. The van der Waals surface area contributed by atoms with Gasteiger partial charge in [-0.2, -0.15) is 0 Å². The molecule has 0 spiro atoms. The molecule has 2 aliphatic rings. The molecule has 184 valence electrons. The molecule has 3 heterocycles. The Balaban J connectivity index is 0.00000289. The van der Waals surface area contributed by atoms with E-state index in [0.717, 1.165) is 16.8 Å². The molecule has 3 aromatic rings. The molecule has 0 saturated heterocycles. The van der Waals surface area contributed by atoms with Gasteiger partial charge in [-0.1, -0.05) is 18.2 Å². The highest BCUT2D eigenvalue weighted by Gasteiger charge is 2.40. The molecule has 0 atom stereocenters. The Morgan fingerprint density at radius 2 is 1.97 bits per heavy atom. The fourth-order valence-electron chi connectivity index (χ4n) is 4.46. The molecule has 0 unspecified atom stereocenters. The van der Waals surface area contributed by atoms with Crippen molar-refractivity contribution < 1.29 is 19.4 Å². The van der Waals surface area contributed by atoms with Crippen LogP contribution in [0, 0.1) is 6.92 Å². The molecular formula is C25H28ClN5O4. The molecule has 1 aliphatic carbocycles. The summed E-state index contributed by atoms with van der Waals surface area (Å²) in [6, 6.07) is 13.3. The van der Waals surface area contributed by atoms with Crippen LogP contribution in [0.25, 0.3) is 10.9 Å². The molecule has 2 aromatic heterocycles. The first kappa shape index (κ1) is 24.8. The molecule has 1 fully saturated rings. The van der Waals surface area contributed by atoms with Crippen LogP contribution in [0.1, 0.15) is 37.1 Å². The van der Waals surface area contributed by atoms with E-state index >= 15 is 0 Å². The van der Waals surface area contributed by atoms with Crippen molar-refractivity contribution in [3.05, 3.63) is 53.9 Å². The smallest absolute Gasteiger partial charge is 0.263 e. The van der Waals surface area contributed by atoms with Crippen molar-refractivity contribution in [1.29, 1.82) is 0 Å². The number of hydrogen-bond acceptors (Lipinski definition) is 7. The van der Waals surface area contributed by atoms with Gasteiger partial charge in [0.2, 0.25) is 0 Å². The van der Waals surface area contributed by atoms with Gasteiger partial charge in [-0.15, -0.1) is 12.4 Å². The first-order valence-corrected chi connectivity index (χ1v) is 11.5. The van der Waals surface area contributed by atoms with Crippen LogP contribution < -0.4 is 20.7 Å². The molecule has 9 nitrogen and oxygen atoms in total. The Hall–Kier alpha value is -3.27. The molecule has 1 aromatic carbocycles. The van der Waals surface area contributed by atoms with Gasteiger partial charge in [0.25, 0.3) is 11.8 Å². The second-order valence-electron chi connectivity index (χ2n) is 8.96. The number of anilines is 2. The lowest BCUT2D eigenvalue weighted by atomic mass is 9.81. The normalized spacial score (nSPS) is 21.3. The number of pyridine rings is 2. The maximum absolute atomic E-state index is 13.0. The summed E-state index contributed by atoms with van der Waals surface area (Å²) in [7, 11) is 0. The molecule has 0 radical (unpaired) electrons. The number of nitrogens with one attached hydrogen (secondary N) is 3. The number of ether oxygens (including phenoxy) is 1. The van der Waals surface area contributed by atoms with E-state index in [9.17, 15) is 14.7 Å². The number of aliphatic hydroxyl groups is 1. The Morgan fingerprint density at radius 3 is 2.77 bits per heavy atom. The number of carbonyl (C=O) groups excluding carboxylic acids is 2. The van der Waals surface area contributed by atoms with E-state index in [1.165, 1.54) is 0 Å². The second-order valence-corrected chi connectivity index (χ2v) is 8.96. The zero-order chi connectivity index (χ0) is 23.7. The summed E-state index contributed by atoms with van der Waals surface area (Å²) in [5, 5.41) is 21.1. The highest BCUT2D eigenvalue weighted by molar-refractivity contribution is 6.03. The number of halogens is 1. The number of aromatic nitrogens is 2. The summed E-state index contributed by atoms with van der Waals surface area (Å²) in [6.07, 6.45) is 2.02. The number of nitrogens with zero attached hydrogens (tertiary/aromatic N) is 2. The lowest BCUT2D eigenvalue weighted by Gasteiger charge is -2.35. The number of amides is 2. The van der Waals surface area contributed by atoms with Crippen LogP contribution in [0.2, 0.25) is 0 Å². The molecular weight excluding hydrogens is 470 g/mol. The number of fused-ring (bicyclic) bond motifs is 2.